The maximum atomic E-state index is 2.20. The average molecular weight is 208 g/mol. The monoisotopic (exact) mass is 208 g/mol. The van der Waals surface area contributed by atoms with Crippen LogP contribution in [0.3, 0.4) is 0 Å². The Morgan fingerprint density at radius 3 is 2.31 bits per heavy atom. The van der Waals surface area contributed by atoms with Crippen molar-refractivity contribution in [2.45, 2.75) is 13.3 Å². The molecule has 0 spiro atoms. The molecule has 0 heterocycles. The zero-order valence-corrected chi connectivity index (χ0v) is 9.56. The van der Waals surface area contributed by atoms with Crippen molar-refractivity contribution in [3.63, 3.8) is 0 Å². The van der Waals surface area contributed by atoms with E-state index in [0.29, 0.717) is 0 Å². The van der Waals surface area contributed by atoms with Crippen LogP contribution in [-0.2, 0) is 6.42 Å². The van der Waals surface area contributed by atoms with E-state index in [0.717, 1.165) is 6.42 Å². The summed E-state index contributed by atoms with van der Waals surface area (Å²) in [6, 6.07) is 19.1. The SMILES string of the molecule is CC=Cc1ccccc1Cc1ccccc1. The van der Waals surface area contributed by atoms with E-state index < -0.39 is 0 Å². The maximum absolute atomic E-state index is 2.20. The minimum absolute atomic E-state index is 1.00. The van der Waals surface area contributed by atoms with Crippen LogP contribution in [0.5, 0.6) is 0 Å². The Bertz CT molecular complexity index is 466. The Kier molecular flexibility index (Phi) is 3.55. The van der Waals surface area contributed by atoms with Crippen molar-refractivity contribution in [1.82, 2.24) is 0 Å². The third-order valence-corrected chi connectivity index (χ3v) is 2.64. The second kappa shape index (κ2) is 5.32. The molecule has 0 amide bonds. The zero-order chi connectivity index (χ0) is 11.2. The quantitative estimate of drug-likeness (QED) is 0.705. The van der Waals surface area contributed by atoms with Gasteiger partial charge in [0.25, 0.3) is 0 Å². The van der Waals surface area contributed by atoms with Crippen LogP contribution in [0.1, 0.15) is 23.6 Å². The van der Waals surface area contributed by atoms with Gasteiger partial charge < -0.3 is 0 Å². The van der Waals surface area contributed by atoms with E-state index in [2.05, 4.69) is 73.7 Å². The van der Waals surface area contributed by atoms with Gasteiger partial charge in [-0.05, 0) is 30.0 Å². The molecule has 2 aromatic carbocycles. The molecule has 16 heavy (non-hydrogen) atoms. The summed E-state index contributed by atoms with van der Waals surface area (Å²) in [6.45, 7) is 2.05. The summed E-state index contributed by atoms with van der Waals surface area (Å²) >= 11 is 0. The largest absolute Gasteiger partial charge is 0.0871 e. The van der Waals surface area contributed by atoms with Gasteiger partial charge in [-0.25, -0.2) is 0 Å². The number of allylic oxidation sites excluding steroid dienone is 1. The fourth-order valence-corrected chi connectivity index (χ4v) is 1.85. The molecule has 0 saturated heterocycles. The molecular formula is C16H16. The van der Waals surface area contributed by atoms with Gasteiger partial charge in [-0.3, -0.25) is 0 Å². The highest BCUT2D eigenvalue weighted by Gasteiger charge is 1.99. The van der Waals surface area contributed by atoms with Crippen molar-refractivity contribution >= 4 is 6.08 Å². The normalized spacial score (nSPS) is 10.8. The van der Waals surface area contributed by atoms with Crippen LogP contribution in [0, 0.1) is 0 Å². The summed E-state index contributed by atoms with van der Waals surface area (Å²) in [5, 5.41) is 0. The van der Waals surface area contributed by atoms with Crippen LogP contribution in [0.2, 0.25) is 0 Å². The highest BCUT2D eigenvalue weighted by atomic mass is 14.0. The second-order valence-corrected chi connectivity index (χ2v) is 3.86. The van der Waals surface area contributed by atoms with Crippen molar-refractivity contribution in [3.05, 3.63) is 77.4 Å². The molecule has 0 heteroatoms. The topological polar surface area (TPSA) is 0 Å². The van der Waals surface area contributed by atoms with E-state index >= 15 is 0 Å². The molecule has 2 aromatic rings. The summed E-state index contributed by atoms with van der Waals surface area (Å²) in [5.74, 6) is 0. The van der Waals surface area contributed by atoms with Gasteiger partial charge in [-0.1, -0.05) is 66.7 Å². The average Bonchev–Trinajstić information content (AvgIpc) is 2.33. The minimum atomic E-state index is 1.00. The predicted octanol–water partition coefficient (Wildman–Crippen LogP) is 4.31. The van der Waals surface area contributed by atoms with Crippen LogP contribution in [0.25, 0.3) is 6.08 Å². The molecule has 0 nitrogen and oxygen atoms in total. The van der Waals surface area contributed by atoms with E-state index in [1.807, 2.05) is 0 Å². The Balaban J connectivity index is 2.28. The van der Waals surface area contributed by atoms with Gasteiger partial charge in [-0.15, -0.1) is 0 Å². The van der Waals surface area contributed by atoms with Gasteiger partial charge in [0.15, 0.2) is 0 Å². The fraction of sp³-hybridized carbons (Fsp3) is 0.125. The Hall–Kier alpha value is -1.82. The molecule has 0 aromatic heterocycles. The van der Waals surface area contributed by atoms with Crippen LogP contribution in [0.4, 0.5) is 0 Å². The molecule has 0 atom stereocenters. The lowest BCUT2D eigenvalue weighted by atomic mass is 9.99. The highest BCUT2D eigenvalue weighted by molar-refractivity contribution is 5.54. The highest BCUT2D eigenvalue weighted by Crippen LogP contribution is 2.15. The summed E-state index contributed by atoms with van der Waals surface area (Å²) in [4.78, 5) is 0. The van der Waals surface area contributed by atoms with Crippen LogP contribution < -0.4 is 0 Å². The van der Waals surface area contributed by atoms with Crippen molar-refractivity contribution in [1.29, 1.82) is 0 Å². The molecule has 0 N–H and O–H groups in total. The fourth-order valence-electron chi connectivity index (χ4n) is 1.85. The first-order chi connectivity index (χ1) is 7.90. The van der Waals surface area contributed by atoms with Gasteiger partial charge in [0.2, 0.25) is 0 Å². The molecule has 80 valence electrons. The molecule has 0 aliphatic rings. The predicted molar refractivity (Wildman–Crippen MR) is 70.4 cm³/mol. The molecule has 0 aliphatic carbocycles. The number of hydrogen-bond donors (Lipinski definition) is 0. The summed E-state index contributed by atoms with van der Waals surface area (Å²) in [5.41, 5.74) is 4.06. The standard InChI is InChI=1S/C16H16/c1-2-8-15-11-6-7-12-16(15)13-14-9-4-3-5-10-14/h2-12H,13H2,1H3. The zero-order valence-electron chi connectivity index (χ0n) is 9.56. The third kappa shape index (κ3) is 2.60. The van der Waals surface area contributed by atoms with Crippen LogP contribution in [-0.4, -0.2) is 0 Å². The van der Waals surface area contributed by atoms with Gasteiger partial charge in [0, 0.05) is 0 Å². The van der Waals surface area contributed by atoms with Crippen molar-refractivity contribution in [2.24, 2.45) is 0 Å². The van der Waals surface area contributed by atoms with Crippen LogP contribution in [0.15, 0.2) is 60.7 Å². The van der Waals surface area contributed by atoms with Gasteiger partial charge >= 0.3 is 0 Å². The number of hydrogen-bond acceptors (Lipinski definition) is 0. The number of rotatable bonds is 3. The lowest BCUT2D eigenvalue weighted by molar-refractivity contribution is 1.18. The lowest BCUT2D eigenvalue weighted by Gasteiger charge is -2.05. The first-order valence-electron chi connectivity index (χ1n) is 5.64. The number of benzene rings is 2. The third-order valence-electron chi connectivity index (χ3n) is 2.64. The van der Waals surface area contributed by atoms with E-state index in [-0.39, 0.29) is 0 Å². The molecule has 0 unspecified atom stereocenters. The van der Waals surface area contributed by atoms with Crippen LogP contribution >= 0.6 is 0 Å². The van der Waals surface area contributed by atoms with Gasteiger partial charge in [0.05, 0.1) is 0 Å². The molecule has 0 bridgehead atoms. The molecule has 0 saturated carbocycles. The Labute approximate surface area is 97.3 Å². The molecule has 2 rings (SSSR count). The van der Waals surface area contributed by atoms with Gasteiger partial charge in [0.1, 0.15) is 0 Å². The summed E-state index contributed by atoms with van der Waals surface area (Å²) < 4.78 is 0. The summed E-state index contributed by atoms with van der Waals surface area (Å²) in [7, 11) is 0. The first-order valence-corrected chi connectivity index (χ1v) is 5.64. The van der Waals surface area contributed by atoms with Gasteiger partial charge in [-0.2, -0.15) is 0 Å². The lowest BCUT2D eigenvalue weighted by Crippen LogP contribution is -1.90. The smallest absolute Gasteiger partial charge is 0.00198 e. The Morgan fingerprint density at radius 2 is 1.56 bits per heavy atom. The Morgan fingerprint density at radius 1 is 0.875 bits per heavy atom. The molecular weight excluding hydrogens is 192 g/mol. The maximum Gasteiger partial charge on any atom is -0.00198 e. The van der Waals surface area contributed by atoms with Crippen molar-refractivity contribution in [2.75, 3.05) is 0 Å². The van der Waals surface area contributed by atoms with E-state index in [4.69, 9.17) is 0 Å². The van der Waals surface area contributed by atoms with E-state index in [1.165, 1.54) is 16.7 Å². The first kappa shape index (κ1) is 10.7. The molecule has 0 radical (unpaired) electrons. The summed E-state index contributed by atoms with van der Waals surface area (Å²) in [6.07, 6.45) is 5.25. The molecule has 0 fully saturated rings. The second-order valence-electron chi connectivity index (χ2n) is 3.86. The van der Waals surface area contributed by atoms with Crippen molar-refractivity contribution in [3.8, 4) is 0 Å². The van der Waals surface area contributed by atoms with E-state index in [1.54, 1.807) is 0 Å². The van der Waals surface area contributed by atoms with E-state index in [9.17, 15) is 0 Å². The van der Waals surface area contributed by atoms with Crippen molar-refractivity contribution < 1.29 is 0 Å². The molecule has 0 aliphatic heterocycles. The minimum Gasteiger partial charge on any atom is -0.0871 e.